The molecule has 1 rings (SSSR count). The molecular weight excluding hydrogens is 240 g/mol. The topological polar surface area (TPSA) is 55.6 Å². The molecule has 0 aliphatic carbocycles. The first-order chi connectivity index (χ1) is 9.10. The van der Waals surface area contributed by atoms with Gasteiger partial charge in [0.1, 0.15) is 0 Å². The number of likely N-dealkylation sites (N-methyl/N-ethyl adjacent to an activating group) is 1. The van der Waals surface area contributed by atoms with Crippen molar-refractivity contribution in [2.24, 2.45) is 5.73 Å². The summed E-state index contributed by atoms with van der Waals surface area (Å²) in [5, 5.41) is 0. The maximum Gasteiger partial charge on any atom is 0.320 e. The van der Waals surface area contributed by atoms with Gasteiger partial charge < -0.3 is 10.5 Å². The van der Waals surface area contributed by atoms with Gasteiger partial charge in [0.25, 0.3) is 0 Å². The first kappa shape index (κ1) is 15.7. The molecule has 1 aromatic rings. The number of carbonyl (C=O) groups is 1. The largest absolute Gasteiger partial charge is 0.465 e. The lowest BCUT2D eigenvalue weighted by Gasteiger charge is -2.20. The highest BCUT2D eigenvalue weighted by Gasteiger charge is 2.11. The van der Waals surface area contributed by atoms with Gasteiger partial charge in [0.2, 0.25) is 0 Å². The Morgan fingerprint density at radius 1 is 1.37 bits per heavy atom. The molecule has 0 aromatic heterocycles. The van der Waals surface area contributed by atoms with Crippen LogP contribution >= 0.6 is 0 Å². The molecule has 4 nitrogen and oxygen atoms in total. The number of esters is 1. The predicted molar refractivity (Wildman–Crippen MR) is 76.7 cm³/mol. The number of aryl methyl sites for hydroxylation is 1. The van der Waals surface area contributed by atoms with E-state index in [9.17, 15) is 4.79 Å². The normalized spacial score (nSPS) is 10.8. The van der Waals surface area contributed by atoms with Crippen molar-refractivity contribution in [3.8, 4) is 0 Å². The van der Waals surface area contributed by atoms with Crippen molar-refractivity contribution in [1.29, 1.82) is 0 Å². The Labute approximate surface area is 115 Å². The molecule has 0 heterocycles. The number of nitrogens with two attached hydrogens (primary N) is 1. The van der Waals surface area contributed by atoms with Crippen molar-refractivity contribution in [1.82, 2.24) is 4.90 Å². The van der Waals surface area contributed by atoms with Gasteiger partial charge in [0, 0.05) is 13.1 Å². The molecule has 0 spiro atoms. The SMILES string of the molecule is CCOC(=O)CN(CC)Cc1ccc(CN)cc1C. The van der Waals surface area contributed by atoms with Crippen LogP contribution in [0.1, 0.15) is 30.5 Å². The highest BCUT2D eigenvalue weighted by Crippen LogP contribution is 2.13. The van der Waals surface area contributed by atoms with Gasteiger partial charge in [0.15, 0.2) is 0 Å². The third-order valence-corrected chi connectivity index (χ3v) is 3.14. The van der Waals surface area contributed by atoms with Crippen molar-refractivity contribution >= 4 is 5.97 Å². The van der Waals surface area contributed by atoms with Crippen LogP contribution in [0.25, 0.3) is 0 Å². The zero-order chi connectivity index (χ0) is 14.3. The summed E-state index contributed by atoms with van der Waals surface area (Å²) in [6.07, 6.45) is 0. The number of hydrogen-bond donors (Lipinski definition) is 1. The zero-order valence-electron chi connectivity index (χ0n) is 12.1. The van der Waals surface area contributed by atoms with E-state index in [0.29, 0.717) is 19.7 Å². The Bertz CT molecular complexity index is 419. The second kappa shape index (κ2) is 7.92. The second-order valence-electron chi connectivity index (χ2n) is 4.57. The van der Waals surface area contributed by atoms with Gasteiger partial charge in [-0.15, -0.1) is 0 Å². The van der Waals surface area contributed by atoms with Crippen molar-refractivity contribution in [2.75, 3.05) is 19.7 Å². The molecule has 4 heteroatoms. The predicted octanol–water partition coefficient (Wildman–Crippen LogP) is 1.84. The van der Waals surface area contributed by atoms with Crippen LogP contribution in [0, 0.1) is 6.92 Å². The Morgan fingerprint density at radius 3 is 2.63 bits per heavy atom. The second-order valence-corrected chi connectivity index (χ2v) is 4.57. The van der Waals surface area contributed by atoms with Gasteiger partial charge in [-0.25, -0.2) is 0 Å². The average molecular weight is 264 g/mol. The van der Waals surface area contributed by atoms with Gasteiger partial charge in [-0.1, -0.05) is 25.1 Å². The van der Waals surface area contributed by atoms with Crippen LogP contribution in [0.4, 0.5) is 0 Å². The van der Waals surface area contributed by atoms with Crippen molar-refractivity contribution in [3.63, 3.8) is 0 Å². The third kappa shape index (κ3) is 5.01. The minimum atomic E-state index is -0.166. The number of nitrogens with zero attached hydrogens (tertiary/aromatic N) is 1. The van der Waals surface area contributed by atoms with Crippen LogP contribution < -0.4 is 5.73 Å². The molecule has 0 unspecified atom stereocenters. The molecule has 1 aromatic carbocycles. The lowest BCUT2D eigenvalue weighted by Crippen LogP contribution is -2.30. The van der Waals surface area contributed by atoms with E-state index in [1.807, 2.05) is 19.9 Å². The zero-order valence-corrected chi connectivity index (χ0v) is 12.1. The molecule has 2 N–H and O–H groups in total. The summed E-state index contributed by atoms with van der Waals surface area (Å²) in [6, 6.07) is 6.24. The Kier molecular flexibility index (Phi) is 6.53. The van der Waals surface area contributed by atoms with E-state index in [4.69, 9.17) is 10.5 Å². The average Bonchev–Trinajstić information content (AvgIpc) is 2.40. The Morgan fingerprint density at radius 2 is 2.11 bits per heavy atom. The molecule has 0 radical (unpaired) electrons. The minimum Gasteiger partial charge on any atom is -0.465 e. The van der Waals surface area contributed by atoms with Gasteiger partial charge in [-0.3, -0.25) is 9.69 Å². The molecule has 106 valence electrons. The van der Waals surface area contributed by atoms with Crippen LogP contribution in [0.2, 0.25) is 0 Å². The third-order valence-electron chi connectivity index (χ3n) is 3.14. The Balaban J connectivity index is 2.67. The number of benzene rings is 1. The lowest BCUT2D eigenvalue weighted by molar-refractivity contribution is -0.144. The summed E-state index contributed by atoms with van der Waals surface area (Å²) in [5.41, 5.74) is 9.20. The number of hydrogen-bond acceptors (Lipinski definition) is 4. The van der Waals surface area contributed by atoms with Crippen LogP contribution in [0.3, 0.4) is 0 Å². The maximum absolute atomic E-state index is 11.5. The van der Waals surface area contributed by atoms with Crippen LogP contribution in [-0.4, -0.2) is 30.6 Å². The molecule has 0 saturated carbocycles. The fourth-order valence-corrected chi connectivity index (χ4v) is 1.97. The van der Waals surface area contributed by atoms with Crippen LogP contribution in [-0.2, 0) is 22.6 Å². The van der Waals surface area contributed by atoms with Gasteiger partial charge in [-0.2, -0.15) is 0 Å². The van der Waals surface area contributed by atoms with Crippen LogP contribution in [0.5, 0.6) is 0 Å². The van der Waals surface area contributed by atoms with Gasteiger partial charge in [0.05, 0.1) is 13.2 Å². The van der Waals surface area contributed by atoms with E-state index in [1.54, 1.807) is 0 Å². The molecule has 0 aliphatic rings. The van der Waals surface area contributed by atoms with E-state index >= 15 is 0 Å². The van der Waals surface area contributed by atoms with Crippen molar-refractivity contribution < 1.29 is 9.53 Å². The van der Waals surface area contributed by atoms with Gasteiger partial charge in [-0.05, 0) is 37.1 Å². The van der Waals surface area contributed by atoms with E-state index < -0.39 is 0 Å². The van der Waals surface area contributed by atoms with Crippen molar-refractivity contribution in [2.45, 2.75) is 33.9 Å². The molecule has 19 heavy (non-hydrogen) atoms. The van der Waals surface area contributed by atoms with E-state index in [0.717, 1.165) is 18.7 Å². The minimum absolute atomic E-state index is 0.166. The fourth-order valence-electron chi connectivity index (χ4n) is 1.97. The standard InChI is InChI=1S/C15H24N2O2/c1-4-17(11-15(18)19-5-2)10-14-7-6-13(9-16)8-12(14)3/h6-8H,4-5,9-11,16H2,1-3H3. The fraction of sp³-hybridized carbons (Fsp3) is 0.533. The smallest absolute Gasteiger partial charge is 0.320 e. The molecular formula is C15H24N2O2. The maximum atomic E-state index is 11.5. The summed E-state index contributed by atoms with van der Waals surface area (Å²) in [6.45, 7) is 8.84. The van der Waals surface area contributed by atoms with E-state index in [1.165, 1.54) is 11.1 Å². The summed E-state index contributed by atoms with van der Waals surface area (Å²) in [7, 11) is 0. The highest BCUT2D eigenvalue weighted by molar-refractivity contribution is 5.71. The molecule has 0 bridgehead atoms. The number of ether oxygens (including phenoxy) is 1. The first-order valence-electron chi connectivity index (χ1n) is 6.77. The highest BCUT2D eigenvalue weighted by atomic mass is 16.5. The first-order valence-corrected chi connectivity index (χ1v) is 6.77. The summed E-state index contributed by atoms with van der Waals surface area (Å²) in [4.78, 5) is 13.6. The van der Waals surface area contributed by atoms with E-state index in [-0.39, 0.29) is 5.97 Å². The quantitative estimate of drug-likeness (QED) is 0.763. The van der Waals surface area contributed by atoms with Crippen molar-refractivity contribution in [3.05, 3.63) is 34.9 Å². The molecule has 0 saturated heterocycles. The summed E-state index contributed by atoms with van der Waals surface area (Å²) < 4.78 is 4.98. The molecule has 0 fully saturated rings. The summed E-state index contributed by atoms with van der Waals surface area (Å²) in [5.74, 6) is -0.166. The molecule has 0 aliphatic heterocycles. The van der Waals surface area contributed by atoms with Crippen LogP contribution in [0.15, 0.2) is 18.2 Å². The monoisotopic (exact) mass is 264 g/mol. The lowest BCUT2D eigenvalue weighted by atomic mass is 10.0. The number of rotatable bonds is 7. The number of carbonyl (C=O) groups excluding carboxylic acids is 1. The Hall–Kier alpha value is -1.39. The van der Waals surface area contributed by atoms with Gasteiger partial charge >= 0.3 is 5.97 Å². The molecule has 0 amide bonds. The summed E-state index contributed by atoms with van der Waals surface area (Å²) >= 11 is 0. The molecule has 0 atom stereocenters. The van der Waals surface area contributed by atoms with E-state index in [2.05, 4.69) is 24.0 Å².